The lowest BCUT2D eigenvalue weighted by molar-refractivity contribution is -0.126. The van der Waals surface area contributed by atoms with Crippen LogP contribution < -0.4 is 5.32 Å². The summed E-state index contributed by atoms with van der Waals surface area (Å²) in [5, 5.41) is 11.6. The van der Waals surface area contributed by atoms with E-state index in [0.717, 1.165) is 23.7 Å². The van der Waals surface area contributed by atoms with Gasteiger partial charge in [-0.05, 0) is 41.8 Å². The maximum Gasteiger partial charge on any atom is 0.335 e. The van der Waals surface area contributed by atoms with Gasteiger partial charge in [0.05, 0.1) is 10.5 Å². The van der Waals surface area contributed by atoms with Gasteiger partial charge < -0.3 is 10.4 Å². The molecule has 3 rings (SSSR count). The fourth-order valence-electron chi connectivity index (χ4n) is 2.71. The van der Waals surface area contributed by atoms with Crippen LogP contribution in [0, 0.1) is 0 Å². The van der Waals surface area contributed by atoms with Crippen LogP contribution in [0.2, 0.25) is 0 Å². The molecule has 0 radical (unpaired) electrons. The molecule has 1 fully saturated rings. The molecular formula is C21H18N2O4S2. The molecule has 1 aliphatic rings. The number of benzene rings is 2. The van der Waals surface area contributed by atoms with Crippen molar-refractivity contribution >= 4 is 57.8 Å². The summed E-state index contributed by atoms with van der Waals surface area (Å²) >= 11 is 6.41. The third-order valence-corrected chi connectivity index (χ3v) is 5.63. The van der Waals surface area contributed by atoms with Gasteiger partial charge in [-0.25, -0.2) is 4.79 Å². The Morgan fingerprint density at radius 3 is 2.59 bits per heavy atom. The number of carbonyl (C=O) groups excluding carboxylic acids is 2. The fraction of sp³-hybridized carbons (Fsp3) is 0.143. The highest BCUT2D eigenvalue weighted by molar-refractivity contribution is 8.26. The number of thioether (sulfide) groups is 1. The molecule has 29 heavy (non-hydrogen) atoms. The standard InChI is InChI=1S/C21H18N2O4S2/c1-2-13-6-8-14(9-7-13)10-17-19(25)23(21(28)29-17)12-18(24)22-16-5-3-4-15(11-16)20(26)27/h3-11H,2,12H2,1H3,(H,22,24)(H,26,27). The van der Waals surface area contributed by atoms with Crippen molar-refractivity contribution in [3.05, 3.63) is 70.1 Å². The SMILES string of the molecule is CCc1ccc(C=C2SC(=S)N(CC(=O)Nc3cccc(C(=O)O)c3)C2=O)cc1. The zero-order chi connectivity index (χ0) is 21.0. The largest absolute Gasteiger partial charge is 0.478 e. The molecule has 0 bridgehead atoms. The van der Waals surface area contributed by atoms with Crippen molar-refractivity contribution in [2.24, 2.45) is 0 Å². The summed E-state index contributed by atoms with van der Waals surface area (Å²) in [6, 6.07) is 13.8. The number of carboxylic acid groups (broad SMARTS) is 1. The number of thiocarbonyl (C=S) groups is 1. The molecule has 0 spiro atoms. The molecule has 2 amide bonds. The van der Waals surface area contributed by atoms with Gasteiger partial charge >= 0.3 is 5.97 Å². The minimum atomic E-state index is -1.09. The monoisotopic (exact) mass is 426 g/mol. The Bertz CT molecular complexity index is 1020. The first kappa shape index (κ1) is 20.8. The van der Waals surface area contributed by atoms with Crippen molar-refractivity contribution in [2.45, 2.75) is 13.3 Å². The first-order valence-electron chi connectivity index (χ1n) is 8.85. The molecule has 0 unspecified atom stereocenters. The van der Waals surface area contributed by atoms with E-state index in [1.165, 1.54) is 28.7 Å². The van der Waals surface area contributed by atoms with E-state index in [4.69, 9.17) is 17.3 Å². The number of nitrogens with zero attached hydrogens (tertiary/aromatic N) is 1. The van der Waals surface area contributed by atoms with Crippen LogP contribution in [0.5, 0.6) is 0 Å². The summed E-state index contributed by atoms with van der Waals surface area (Å²) in [6.45, 7) is 1.83. The molecule has 8 heteroatoms. The molecule has 1 heterocycles. The average molecular weight is 427 g/mol. The van der Waals surface area contributed by atoms with Crippen LogP contribution in [-0.4, -0.2) is 38.7 Å². The maximum atomic E-state index is 12.7. The zero-order valence-electron chi connectivity index (χ0n) is 15.5. The van der Waals surface area contributed by atoms with Crippen LogP contribution in [0.1, 0.15) is 28.4 Å². The number of aryl methyl sites for hydroxylation is 1. The number of hydrogen-bond acceptors (Lipinski definition) is 5. The lowest BCUT2D eigenvalue weighted by atomic mass is 10.1. The normalized spacial score (nSPS) is 15.1. The molecule has 2 N–H and O–H groups in total. The van der Waals surface area contributed by atoms with E-state index in [0.29, 0.717) is 14.9 Å². The number of carboxylic acids is 1. The second kappa shape index (κ2) is 9.02. The topological polar surface area (TPSA) is 86.7 Å². The van der Waals surface area contributed by atoms with E-state index in [9.17, 15) is 14.4 Å². The van der Waals surface area contributed by atoms with Crippen LogP contribution in [0.15, 0.2) is 53.4 Å². The Morgan fingerprint density at radius 1 is 1.21 bits per heavy atom. The molecule has 1 saturated heterocycles. The van der Waals surface area contributed by atoms with E-state index >= 15 is 0 Å². The number of carbonyl (C=O) groups is 3. The highest BCUT2D eigenvalue weighted by Crippen LogP contribution is 2.32. The van der Waals surface area contributed by atoms with E-state index in [2.05, 4.69) is 12.2 Å². The zero-order valence-corrected chi connectivity index (χ0v) is 17.2. The Kier molecular flexibility index (Phi) is 6.46. The van der Waals surface area contributed by atoms with Crippen molar-refractivity contribution < 1.29 is 19.5 Å². The lowest BCUT2D eigenvalue weighted by Gasteiger charge is -2.14. The van der Waals surface area contributed by atoms with Crippen molar-refractivity contribution in [1.29, 1.82) is 0 Å². The summed E-state index contributed by atoms with van der Waals surface area (Å²) in [6.07, 6.45) is 2.69. The van der Waals surface area contributed by atoms with Gasteiger partial charge in [0.15, 0.2) is 0 Å². The number of aromatic carboxylic acids is 1. The molecular weight excluding hydrogens is 408 g/mol. The molecule has 2 aromatic carbocycles. The minimum absolute atomic E-state index is 0.0606. The highest BCUT2D eigenvalue weighted by atomic mass is 32.2. The summed E-state index contributed by atoms with van der Waals surface area (Å²) in [4.78, 5) is 37.7. The highest BCUT2D eigenvalue weighted by Gasteiger charge is 2.33. The molecule has 0 atom stereocenters. The number of rotatable bonds is 6. The van der Waals surface area contributed by atoms with Crippen molar-refractivity contribution in [1.82, 2.24) is 4.90 Å². The molecule has 6 nitrogen and oxygen atoms in total. The van der Waals surface area contributed by atoms with E-state index in [1.807, 2.05) is 24.3 Å². The van der Waals surface area contributed by atoms with E-state index in [-0.39, 0.29) is 18.0 Å². The van der Waals surface area contributed by atoms with Crippen LogP contribution in [0.3, 0.4) is 0 Å². The van der Waals surface area contributed by atoms with Gasteiger partial charge in [0, 0.05) is 5.69 Å². The third kappa shape index (κ3) is 5.10. The third-order valence-electron chi connectivity index (χ3n) is 4.25. The predicted molar refractivity (Wildman–Crippen MR) is 118 cm³/mol. The van der Waals surface area contributed by atoms with Crippen LogP contribution >= 0.6 is 24.0 Å². The summed E-state index contributed by atoms with van der Waals surface area (Å²) in [5.41, 5.74) is 2.49. The second-order valence-electron chi connectivity index (χ2n) is 6.30. The average Bonchev–Trinajstić information content (AvgIpc) is 2.96. The molecule has 0 aliphatic carbocycles. The Hall–Kier alpha value is -2.97. The molecule has 0 saturated carbocycles. The van der Waals surface area contributed by atoms with Gasteiger partial charge in [-0.15, -0.1) is 0 Å². The smallest absolute Gasteiger partial charge is 0.335 e. The van der Waals surface area contributed by atoms with Crippen molar-refractivity contribution in [3.8, 4) is 0 Å². The second-order valence-corrected chi connectivity index (χ2v) is 7.97. The van der Waals surface area contributed by atoms with Gasteiger partial charge in [0.1, 0.15) is 10.9 Å². The van der Waals surface area contributed by atoms with Crippen LogP contribution in [-0.2, 0) is 16.0 Å². The number of amides is 2. The summed E-state index contributed by atoms with van der Waals surface area (Å²) in [5.74, 6) is -1.87. The first-order valence-corrected chi connectivity index (χ1v) is 10.1. The quantitative estimate of drug-likeness (QED) is 0.540. The fourth-order valence-corrected chi connectivity index (χ4v) is 3.97. The molecule has 1 aliphatic heterocycles. The molecule has 0 aromatic heterocycles. The number of hydrogen-bond donors (Lipinski definition) is 2. The molecule has 148 valence electrons. The van der Waals surface area contributed by atoms with Gasteiger partial charge in [-0.3, -0.25) is 14.5 Å². The van der Waals surface area contributed by atoms with E-state index < -0.39 is 11.9 Å². The van der Waals surface area contributed by atoms with Gasteiger partial charge in [-0.2, -0.15) is 0 Å². The summed E-state index contributed by atoms with van der Waals surface area (Å²) < 4.78 is 0.306. The van der Waals surface area contributed by atoms with Crippen LogP contribution in [0.4, 0.5) is 5.69 Å². The molecule has 2 aromatic rings. The predicted octanol–water partition coefficient (Wildman–Crippen LogP) is 3.79. The lowest BCUT2D eigenvalue weighted by Crippen LogP contribution is -2.36. The van der Waals surface area contributed by atoms with Crippen molar-refractivity contribution in [3.63, 3.8) is 0 Å². The van der Waals surface area contributed by atoms with Gasteiger partial charge in [0.25, 0.3) is 5.91 Å². The number of anilines is 1. The van der Waals surface area contributed by atoms with Gasteiger partial charge in [-0.1, -0.05) is 61.2 Å². The maximum absolute atomic E-state index is 12.7. The first-order chi connectivity index (χ1) is 13.9. The van der Waals surface area contributed by atoms with Crippen LogP contribution in [0.25, 0.3) is 6.08 Å². The summed E-state index contributed by atoms with van der Waals surface area (Å²) in [7, 11) is 0. The van der Waals surface area contributed by atoms with Crippen molar-refractivity contribution in [2.75, 3.05) is 11.9 Å². The minimum Gasteiger partial charge on any atom is -0.478 e. The Morgan fingerprint density at radius 2 is 1.93 bits per heavy atom. The van der Waals surface area contributed by atoms with E-state index in [1.54, 1.807) is 12.1 Å². The Balaban J connectivity index is 1.68. The van der Waals surface area contributed by atoms with Gasteiger partial charge in [0.2, 0.25) is 5.91 Å². The number of nitrogens with one attached hydrogen (secondary N) is 1. The Labute approximate surface area is 177 Å².